The fourth-order valence-electron chi connectivity index (χ4n) is 3.37. The number of esters is 1. The molecule has 20 heavy (non-hydrogen) atoms. The monoisotopic (exact) mass is 278 g/mol. The van der Waals surface area contributed by atoms with E-state index in [1.54, 1.807) is 13.0 Å². The third-order valence-electron chi connectivity index (χ3n) is 4.62. The molecule has 2 aliphatic rings. The van der Waals surface area contributed by atoms with Gasteiger partial charge in [-0.05, 0) is 46.5 Å². The maximum Gasteiger partial charge on any atom is 0.316 e. The molecule has 0 unspecified atom stereocenters. The Labute approximate surface area is 119 Å². The first-order valence-corrected chi connectivity index (χ1v) is 7.14. The molecule has 0 bridgehead atoms. The van der Waals surface area contributed by atoms with E-state index in [9.17, 15) is 14.7 Å². The summed E-state index contributed by atoms with van der Waals surface area (Å²) in [6.07, 6.45) is 5.56. The second-order valence-electron chi connectivity index (χ2n) is 5.80. The van der Waals surface area contributed by atoms with Crippen LogP contribution in [0, 0.1) is 5.41 Å². The van der Waals surface area contributed by atoms with E-state index in [1.807, 2.05) is 13.0 Å². The lowest BCUT2D eigenvalue weighted by Crippen LogP contribution is -2.52. The van der Waals surface area contributed by atoms with E-state index in [4.69, 9.17) is 4.74 Å². The van der Waals surface area contributed by atoms with Crippen molar-refractivity contribution in [2.75, 3.05) is 6.61 Å². The van der Waals surface area contributed by atoms with Crippen molar-refractivity contribution >= 4 is 11.8 Å². The third-order valence-corrected chi connectivity index (χ3v) is 4.62. The van der Waals surface area contributed by atoms with Crippen LogP contribution in [0.25, 0.3) is 0 Å². The standard InChI is InChI=1S/C16H22O4/c1-4-20-14(18)15-8-5-11(2)6-10-16(15,19)13(7-9-15)12(3)17/h5,7,19H,4,6,8-10H2,1-3H3/t15-,16-/m0/s1. The van der Waals surface area contributed by atoms with Gasteiger partial charge in [-0.3, -0.25) is 9.59 Å². The first-order valence-electron chi connectivity index (χ1n) is 7.14. The van der Waals surface area contributed by atoms with Gasteiger partial charge < -0.3 is 9.84 Å². The van der Waals surface area contributed by atoms with Gasteiger partial charge >= 0.3 is 5.97 Å². The van der Waals surface area contributed by atoms with Crippen molar-refractivity contribution < 1.29 is 19.4 Å². The second-order valence-corrected chi connectivity index (χ2v) is 5.80. The highest BCUT2D eigenvalue weighted by atomic mass is 16.5. The molecule has 0 aromatic heterocycles. The van der Waals surface area contributed by atoms with Crippen molar-refractivity contribution in [2.24, 2.45) is 5.41 Å². The summed E-state index contributed by atoms with van der Waals surface area (Å²) in [6.45, 7) is 5.45. The summed E-state index contributed by atoms with van der Waals surface area (Å²) >= 11 is 0. The smallest absolute Gasteiger partial charge is 0.316 e. The minimum atomic E-state index is -1.40. The van der Waals surface area contributed by atoms with Crippen LogP contribution >= 0.6 is 0 Å². The number of rotatable bonds is 3. The lowest BCUT2D eigenvalue weighted by atomic mass is 9.67. The molecule has 0 saturated heterocycles. The summed E-state index contributed by atoms with van der Waals surface area (Å²) < 4.78 is 5.20. The topological polar surface area (TPSA) is 63.6 Å². The van der Waals surface area contributed by atoms with E-state index in [-0.39, 0.29) is 12.4 Å². The van der Waals surface area contributed by atoms with Crippen LogP contribution in [0.4, 0.5) is 0 Å². The number of hydrogen-bond acceptors (Lipinski definition) is 4. The zero-order valence-corrected chi connectivity index (χ0v) is 12.4. The van der Waals surface area contributed by atoms with Crippen LogP contribution in [0.1, 0.15) is 46.5 Å². The normalized spacial score (nSPS) is 32.8. The van der Waals surface area contributed by atoms with Gasteiger partial charge in [0.25, 0.3) is 0 Å². The Morgan fingerprint density at radius 1 is 1.35 bits per heavy atom. The molecule has 2 aliphatic carbocycles. The molecule has 0 saturated carbocycles. The minimum Gasteiger partial charge on any atom is -0.465 e. The molecule has 0 aliphatic heterocycles. The van der Waals surface area contributed by atoms with Crippen molar-refractivity contribution in [3.63, 3.8) is 0 Å². The maximum absolute atomic E-state index is 12.5. The zero-order chi connectivity index (χ0) is 15.0. The van der Waals surface area contributed by atoms with Crippen LogP contribution in [0.2, 0.25) is 0 Å². The number of ether oxygens (including phenoxy) is 1. The molecule has 0 fully saturated rings. The quantitative estimate of drug-likeness (QED) is 0.635. The maximum atomic E-state index is 12.5. The first-order chi connectivity index (χ1) is 9.37. The van der Waals surface area contributed by atoms with E-state index in [0.29, 0.717) is 31.3 Å². The fraction of sp³-hybridized carbons (Fsp3) is 0.625. The number of allylic oxidation sites excluding steroid dienone is 3. The van der Waals surface area contributed by atoms with E-state index < -0.39 is 17.0 Å². The van der Waals surface area contributed by atoms with Gasteiger partial charge in [-0.2, -0.15) is 0 Å². The van der Waals surface area contributed by atoms with Crippen molar-refractivity contribution in [3.05, 3.63) is 23.3 Å². The Morgan fingerprint density at radius 3 is 2.60 bits per heavy atom. The van der Waals surface area contributed by atoms with Crippen LogP contribution in [0.15, 0.2) is 23.3 Å². The highest BCUT2D eigenvalue weighted by Gasteiger charge is 2.61. The van der Waals surface area contributed by atoms with Crippen LogP contribution in [-0.4, -0.2) is 29.1 Å². The molecule has 0 aromatic rings. The van der Waals surface area contributed by atoms with Crippen molar-refractivity contribution in [1.29, 1.82) is 0 Å². The van der Waals surface area contributed by atoms with Crippen LogP contribution in [0.3, 0.4) is 0 Å². The summed E-state index contributed by atoms with van der Waals surface area (Å²) in [7, 11) is 0. The van der Waals surface area contributed by atoms with E-state index in [1.165, 1.54) is 6.92 Å². The number of fused-ring (bicyclic) bond motifs is 1. The largest absolute Gasteiger partial charge is 0.465 e. The number of aliphatic hydroxyl groups is 1. The summed E-state index contributed by atoms with van der Waals surface area (Å²) in [5, 5.41) is 11.2. The Balaban J connectivity index is 2.49. The molecule has 2 atom stereocenters. The summed E-state index contributed by atoms with van der Waals surface area (Å²) in [4.78, 5) is 24.3. The molecule has 4 heteroatoms. The SMILES string of the molecule is CCOC(=O)[C@@]12CC=C(C)CC[C@]1(O)C(C(C)=O)=CC2. The van der Waals surface area contributed by atoms with Crippen LogP contribution in [0.5, 0.6) is 0 Å². The van der Waals surface area contributed by atoms with Crippen LogP contribution < -0.4 is 0 Å². The Bertz CT molecular complexity index is 503. The summed E-state index contributed by atoms with van der Waals surface area (Å²) in [6, 6.07) is 0. The number of carbonyl (C=O) groups excluding carboxylic acids is 2. The molecular formula is C16H22O4. The molecule has 0 radical (unpaired) electrons. The average molecular weight is 278 g/mol. The highest BCUT2D eigenvalue weighted by molar-refractivity contribution is 5.98. The second kappa shape index (κ2) is 5.17. The third kappa shape index (κ3) is 2.03. The first kappa shape index (κ1) is 15.0. The highest BCUT2D eigenvalue weighted by Crippen LogP contribution is 2.54. The van der Waals surface area contributed by atoms with Gasteiger partial charge in [0, 0.05) is 5.57 Å². The molecule has 1 N–H and O–H groups in total. The van der Waals surface area contributed by atoms with Gasteiger partial charge in [-0.25, -0.2) is 0 Å². The predicted molar refractivity (Wildman–Crippen MR) is 75.0 cm³/mol. The lowest BCUT2D eigenvalue weighted by Gasteiger charge is -2.40. The van der Waals surface area contributed by atoms with Gasteiger partial charge in [-0.1, -0.05) is 17.7 Å². The summed E-state index contributed by atoms with van der Waals surface area (Å²) in [5.41, 5.74) is -0.936. The molecule has 2 rings (SSSR count). The number of carbonyl (C=O) groups is 2. The molecular weight excluding hydrogens is 256 g/mol. The van der Waals surface area contributed by atoms with Crippen molar-refractivity contribution in [2.45, 2.75) is 52.1 Å². The molecule has 0 heterocycles. The molecule has 4 nitrogen and oxygen atoms in total. The number of hydrogen-bond donors (Lipinski definition) is 1. The molecule has 110 valence electrons. The van der Waals surface area contributed by atoms with Gasteiger partial charge in [0.05, 0.1) is 6.61 Å². The van der Waals surface area contributed by atoms with E-state index in [2.05, 4.69) is 0 Å². The molecule has 0 amide bonds. The lowest BCUT2D eigenvalue weighted by molar-refractivity contribution is -0.169. The van der Waals surface area contributed by atoms with Gasteiger partial charge in [0.2, 0.25) is 0 Å². The Morgan fingerprint density at radius 2 is 2.00 bits per heavy atom. The summed E-state index contributed by atoms with van der Waals surface area (Å²) in [5.74, 6) is -0.570. The van der Waals surface area contributed by atoms with E-state index >= 15 is 0 Å². The van der Waals surface area contributed by atoms with E-state index in [0.717, 1.165) is 5.57 Å². The van der Waals surface area contributed by atoms with Crippen molar-refractivity contribution in [3.8, 4) is 0 Å². The van der Waals surface area contributed by atoms with Crippen molar-refractivity contribution in [1.82, 2.24) is 0 Å². The molecule has 0 aromatic carbocycles. The zero-order valence-electron chi connectivity index (χ0n) is 12.4. The van der Waals surface area contributed by atoms with Gasteiger partial charge in [-0.15, -0.1) is 0 Å². The minimum absolute atomic E-state index is 0.168. The number of Topliss-reactive ketones (excluding diaryl/α,β-unsaturated/α-hetero) is 1. The van der Waals surface area contributed by atoms with Gasteiger partial charge in [0.1, 0.15) is 11.0 Å². The Hall–Kier alpha value is -1.42. The predicted octanol–water partition coefficient (Wildman–Crippen LogP) is 2.32. The Kier molecular flexibility index (Phi) is 3.87. The molecule has 0 spiro atoms. The van der Waals surface area contributed by atoms with Gasteiger partial charge in [0.15, 0.2) is 5.78 Å². The number of ketones is 1. The van der Waals surface area contributed by atoms with Crippen LogP contribution in [-0.2, 0) is 14.3 Å². The average Bonchev–Trinajstić information content (AvgIpc) is 2.62. The fourth-order valence-corrected chi connectivity index (χ4v) is 3.37.